The summed E-state index contributed by atoms with van der Waals surface area (Å²) in [6.07, 6.45) is -3.78. The SMILES string of the molecule is CCc1ccc(C2NC(CC)C(=O)N2CC(F)(F)F)cc1. The average molecular weight is 300 g/mol. The molecule has 3 nitrogen and oxygen atoms in total. The van der Waals surface area contributed by atoms with E-state index in [4.69, 9.17) is 0 Å². The zero-order chi connectivity index (χ0) is 15.6. The van der Waals surface area contributed by atoms with E-state index in [1.54, 1.807) is 19.1 Å². The monoisotopic (exact) mass is 300 g/mol. The Bertz CT molecular complexity index is 499. The van der Waals surface area contributed by atoms with Crippen LogP contribution in [0.25, 0.3) is 0 Å². The Morgan fingerprint density at radius 1 is 1.19 bits per heavy atom. The molecule has 0 spiro atoms. The van der Waals surface area contributed by atoms with Gasteiger partial charge in [-0.2, -0.15) is 13.2 Å². The van der Waals surface area contributed by atoms with Gasteiger partial charge >= 0.3 is 6.18 Å². The fourth-order valence-corrected chi connectivity index (χ4v) is 2.55. The maximum atomic E-state index is 12.7. The number of hydrogen-bond acceptors (Lipinski definition) is 2. The second-order valence-corrected chi connectivity index (χ2v) is 5.21. The first kappa shape index (κ1) is 15.8. The smallest absolute Gasteiger partial charge is 0.312 e. The Balaban J connectivity index is 2.27. The third-order valence-electron chi connectivity index (χ3n) is 3.71. The zero-order valence-electron chi connectivity index (χ0n) is 12.1. The van der Waals surface area contributed by atoms with E-state index < -0.39 is 30.8 Å². The van der Waals surface area contributed by atoms with Crippen LogP contribution < -0.4 is 5.32 Å². The molecule has 0 radical (unpaired) electrons. The van der Waals surface area contributed by atoms with Crippen LogP contribution in [0.5, 0.6) is 0 Å². The van der Waals surface area contributed by atoms with Crippen molar-refractivity contribution in [1.82, 2.24) is 10.2 Å². The van der Waals surface area contributed by atoms with E-state index >= 15 is 0 Å². The Kier molecular flexibility index (Phi) is 4.56. The standard InChI is InChI=1S/C15H19F3N2O/c1-3-10-5-7-11(8-6-10)13-19-12(4-2)14(21)20(13)9-15(16,17)18/h5-8,12-13,19H,3-4,9H2,1-2H3. The van der Waals surface area contributed by atoms with Crippen molar-refractivity contribution in [3.8, 4) is 0 Å². The molecule has 2 rings (SSSR count). The molecule has 1 amide bonds. The average Bonchev–Trinajstić information content (AvgIpc) is 2.74. The van der Waals surface area contributed by atoms with Gasteiger partial charge in [0, 0.05) is 0 Å². The Labute approximate surface area is 122 Å². The molecule has 0 aliphatic carbocycles. The summed E-state index contributed by atoms with van der Waals surface area (Å²) in [6, 6.07) is 6.78. The summed E-state index contributed by atoms with van der Waals surface area (Å²) in [6.45, 7) is 2.56. The van der Waals surface area contributed by atoms with Crippen molar-refractivity contribution < 1.29 is 18.0 Å². The van der Waals surface area contributed by atoms with Crippen LogP contribution in [0.2, 0.25) is 0 Å². The highest BCUT2D eigenvalue weighted by molar-refractivity contribution is 5.84. The fraction of sp³-hybridized carbons (Fsp3) is 0.533. The first-order chi connectivity index (χ1) is 9.85. The number of carbonyl (C=O) groups is 1. The van der Waals surface area contributed by atoms with E-state index in [9.17, 15) is 18.0 Å². The van der Waals surface area contributed by atoms with E-state index in [-0.39, 0.29) is 0 Å². The highest BCUT2D eigenvalue weighted by Gasteiger charge is 2.44. The van der Waals surface area contributed by atoms with E-state index in [1.807, 2.05) is 19.1 Å². The third-order valence-corrected chi connectivity index (χ3v) is 3.71. The first-order valence-electron chi connectivity index (χ1n) is 7.07. The molecule has 0 bridgehead atoms. The molecular weight excluding hydrogens is 281 g/mol. The van der Waals surface area contributed by atoms with Crippen LogP contribution in [0.3, 0.4) is 0 Å². The predicted molar refractivity (Wildman–Crippen MR) is 73.5 cm³/mol. The van der Waals surface area contributed by atoms with Crippen LogP contribution in [0.4, 0.5) is 13.2 Å². The van der Waals surface area contributed by atoms with Crippen molar-refractivity contribution in [1.29, 1.82) is 0 Å². The molecule has 1 fully saturated rings. The molecule has 0 aromatic heterocycles. The van der Waals surface area contributed by atoms with Crippen molar-refractivity contribution in [3.63, 3.8) is 0 Å². The second-order valence-electron chi connectivity index (χ2n) is 5.21. The number of rotatable bonds is 4. The van der Waals surface area contributed by atoms with Gasteiger partial charge in [0.25, 0.3) is 0 Å². The number of halogens is 3. The topological polar surface area (TPSA) is 32.3 Å². The lowest BCUT2D eigenvalue weighted by Crippen LogP contribution is -2.38. The number of alkyl halides is 3. The summed E-state index contributed by atoms with van der Waals surface area (Å²) in [7, 11) is 0. The molecule has 0 saturated carbocycles. The quantitative estimate of drug-likeness (QED) is 0.927. The molecule has 1 aromatic rings. The number of nitrogens with zero attached hydrogens (tertiary/aromatic N) is 1. The highest BCUT2D eigenvalue weighted by Crippen LogP contribution is 2.30. The van der Waals surface area contributed by atoms with E-state index in [1.165, 1.54) is 0 Å². The summed E-state index contributed by atoms with van der Waals surface area (Å²) >= 11 is 0. The summed E-state index contributed by atoms with van der Waals surface area (Å²) in [5.74, 6) is -0.487. The van der Waals surface area contributed by atoms with Gasteiger partial charge in [-0.25, -0.2) is 0 Å². The number of carbonyl (C=O) groups excluding carboxylic acids is 1. The highest BCUT2D eigenvalue weighted by atomic mass is 19.4. The normalized spacial score (nSPS) is 22.9. The van der Waals surface area contributed by atoms with Crippen LogP contribution in [0.15, 0.2) is 24.3 Å². The minimum atomic E-state index is -4.40. The van der Waals surface area contributed by atoms with Gasteiger partial charge in [-0.1, -0.05) is 38.1 Å². The van der Waals surface area contributed by atoms with Crippen LogP contribution in [0, 0.1) is 0 Å². The number of hydrogen-bond donors (Lipinski definition) is 1. The van der Waals surface area contributed by atoms with Crippen LogP contribution >= 0.6 is 0 Å². The van der Waals surface area contributed by atoms with E-state index in [0.29, 0.717) is 12.0 Å². The Morgan fingerprint density at radius 3 is 2.29 bits per heavy atom. The Hall–Kier alpha value is -1.56. The Morgan fingerprint density at radius 2 is 1.81 bits per heavy atom. The number of aryl methyl sites for hydroxylation is 1. The molecule has 2 atom stereocenters. The zero-order valence-corrected chi connectivity index (χ0v) is 12.1. The lowest BCUT2D eigenvalue weighted by molar-refractivity contribution is -0.161. The maximum Gasteiger partial charge on any atom is 0.406 e. The largest absolute Gasteiger partial charge is 0.406 e. The molecule has 1 aliphatic rings. The lowest BCUT2D eigenvalue weighted by Gasteiger charge is -2.25. The van der Waals surface area contributed by atoms with Gasteiger partial charge < -0.3 is 4.90 Å². The van der Waals surface area contributed by atoms with Gasteiger partial charge in [0.1, 0.15) is 12.7 Å². The van der Waals surface area contributed by atoms with Crippen molar-refractivity contribution >= 4 is 5.91 Å². The minimum Gasteiger partial charge on any atom is -0.312 e. The molecule has 1 aromatic carbocycles. The number of benzene rings is 1. The molecule has 1 saturated heterocycles. The van der Waals surface area contributed by atoms with Crippen molar-refractivity contribution in [2.24, 2.45) is 0 Å². The summed E-state index contributed by atoms with van der Waals surface area (Å²) in [5, 5.41) is 2.99. The van der Waals surface area contributed by atoms with Crippen molar-refractivity contribution in [3.05, 3.63) is 35.4 Å². The minimum absolute atomic E-state index is 0.469. The van der Waals surface area contributed by atoms with Gasteiger partial charge in [0.05, 0.1) is 6.04 Å². The summed E-state index contributed by atoms with van der Waals surface area (Å²) in [4.78, 5) is 13.0. The molecule has 1 N–H and O–H groups in total. The molecule has 116 valence electrons. The second kappa shape index (κ2) is 6.05. The molecular formula is C15H19F3N2O. The molecule has 2 unspecified atom stereocenters. The summed E-state index contributed by atoms with van der Waals surface area (Å²) in [5.41, 5.74) is 1.79. The van der Waals surface area contributed by atoms with Gasteiger partial charge in [-0.3, -0.25) is 10.1 Å². The first-order valence-corrected chi connectivity index (χ1v) is 7.07. The van der Waals surface area contributed by atoms with Gasteiger partial charge in [-0.05, 0) is 24.0 Å². The molecule has 21 heavy (non-hydrogen) atoms. The van der Waals surface area contributed by atoms with Crippen molar-refractivity contribution in [2.75, 3.05) is 6.54 Å². The number of nitrogens with one attached hydrogen (secondary N) is 1. The van der Waals surface area contributed by atoms with E-state index in [2.05, 4.69) is 5.32 Å². The molecule has 1 aliphatic heterocycles. The van der Waals surface area contributed by atoms with Crippen LogP contribution in [-0.4, -0.2) is 29.6 Å². The maximum absolute atomic E-state index is 12.7. The van der Waals surface area contributed by atoms with Crippen LogP contribution in [0.1, 0.15) is 37.6 Å². The van der Waals surface area contributed by atoms with Gasteiger partial charge in [-0.15, -0.1) is 0 Å². The lowest BCUT2D eigenvalue weighted by atomic mass is 10.1. The molecule has 1 heterocycles. The summed E-state index contributed by atoms with van der Waals surface area (Å²) < 4.78 is 38.1. The molecule has 6 heteroatoms. The van der Waals surface area contributed by atoms with Crippen LogP contribution in [-0.2, 0) is 11.2 Å². The van der Waals surface area contributed by atoms with Gasteiger partial charge in [0.15, 0.2) is 0 Å². The third kappa shape index (κ3) is 3.56. The van der Waals surface area contributed by atoms with Crippen molar-refractivity contribution in [2.45, 2.75) is 45.1 Å². The van der Waals surface area contributed by atoms with Gasteiger partial charge in [0.2, 0.25) is 5.91 Å². The van der Waals surface area contributed by atoms with E-state index in [0.717, 1.165) is 16.9 Å². The predicted octanol–water partition coefficient (Wildman–Crippen LogP) is 3.02. The number of amides is 1. The fourth-order valence-electron chi connectivity index (χ4n) is 2.55.